The number of aromatic nitrogens is 3. The van der Waals surface area contributed by atoms with Crippen LogP contribution in [0.15, 0.2) is 24.5 Å². The maximum Gasteiger partial charge on any atom is 0.306 e. The number of carboxylic acid groups (broad SMARTS) is 1. The molecule has 0 bridgehead atoms. The van der Waals surface area contributed by atoms with Crippen LogP contribution in [0.1, 0.15) is 72.9 Å². The molecule has 42 heavy (non-hydrogen) atoms. The molecule has 0 unspecified atom stereocenters. The molecule has 0 saturated carbocycles. The number of rotatable bonds is 8. The lowest BCUT2D eigenvalue weighted by Crippen LogP contribution is -2.39. The van der Waals surface area contributed by atoms with Crippen molar-refractivity contribution in [3.8, 4) is 11.3 Å². The summed E-state index contributed by atoms with van der Waals surface area (Å²) in [7, 11) is 0. The number of benzene rings is 1. The molecular formula is C31H39ClFN5O3S. The summed E-state index contributed by atoms with van der Waals surface area (Å²) in [6.07, 6.45) is 6.50. The maximum absolute atomic E-state index is 14.7. The molecule has 2 aliphatic rings. The molecule has 3 aromatic rings. The molecule has 11 heteroatoms. The normalized spacial score (nSPS) is 17.6. The quantitative estimate of drug-likeness (QED) is 0.280. The molecule has 8 nitrogen and oxygen atoms in total. The molecule has 2 aliphatic heterocycles. The first kappa shape index (κ1) is 32.0. The number of thiazole rings is 1. The van der Waals surface area contributed by atoms with Crippen molar-refractivity contribution in [3.63, 3.8) is 0 Å². The minimum absolute atomic E-state index is 0. The Kier molecular flexibility index (Phi) is 10.0. The fourth-order valence-electron chi connectivity index (χ4n) is 5.69. The van der Waals surface area contributed by atoms with E-state index in [4.69, 9.17) is 16.6 Å². The van der Waals surface area contributed by atoms with Gasteiger partial charge in [-0.25, -0.2) is 19.3 Å². The minimum Gasteiger partial charge on any atom is -0.481 e. The number of aliphatic carboxylic acids is 1. The third-order valence-electron chi connectivity index (χ3n) is 8.05. The summed E-state index contributed by atoms with van der Waals surface area (Å²) in [6.45, 7) is 9.97. The number of carbonyl (C=O) groups is 2. The first-order valence-electron chi connectivity index (χ1n) is 14.0. The summed E-state index contributed by atoms with van der Waals surface area (Å²) in [5.74, 6) is -1.05. The molecule has 1 N–H and O–H groups in total. The van der Waals surface area contributed by atoms with Gasteiger partial charge in [0.15, 0.2) is 5.78 Å². The first-order chi connectivity index (χ1) is 19.5. The van der Waals surface area contributed by atoms with E-state index in [2.05, 4.69) is 28.7 Å². The van der Waals surface area contributed by atoms with Crippen LogP contribution in [-0.4, -0.2) is 62.9 Å². The Morgan fingerprint density at radius 1 is 1.17 bits per heavy atom. The summed E-state index contributed by atoms with van der Waals surface area (Å²) in [5, 5.41) is 10.2. The lowest BCUT2D eigenvalue weighted by Gasteiger charge is -2.37. The van der Waals surface area contributed by atoms with Crippen LogP contribution in [0, 0.1) is 24.1 Å². The molecule has 2 aromatic heterocycles. The lowest BCUT2D eigenvalue weighted by atomic mass is 9.84. The van der Waals surface area contributed by atoms with E-state index >= 15 is 0 Å². The monoisotopic (exact) mass is 615 g/mol. The topological polar surface area (TPSA) is 99.5 Å². The van der Waals surface area contributed by atoms with Gasteiger partial charge in [-0.3, -0.25) is 14.5 Å². The molecule has 4 heterocycles. The van der Waals surface area contributed by atoms with Crippen molar-refractivity contribution >= 4 is 40.5 Å². The molecule has 1 aromatic carbocycles. The number of likely N-dealkylation sites (tertiary alicyclic amines) is 1. The van der Waals surface area contributed by atoms with Crippen LogP contribution in [-0.2, 0) is 17.8 Å². The number of anilines is 1. The number of nitrogens with zero attached hydrogens (tertiary/aromatic N) is 5. The molecule has 226 valence electrons. The Hall–Kier alpha value is -2.95. The van der Waals surface area contributed by atoms with E-state index in [-0.39, 0.29) is 42.5 Å². The van der Waals surface area contributed by atoms with Crippen molar-refractivity contribution in [1.82, 2.24) is 19.9 Å². The van der Waals surface area contributed by atoms with Gasteiger partial charge in [0.25, 0.3) is 0 Å². The van der Waals surface area contributed by atoms with E-state index in [1.54, 1.807) is 19.2 Å². The molecule has 0 spiro atoms. The number of halogens is 2. The summed E-state index contributed by atoms with van der Waals surface area (Å²) in [5.41, 5.74) is 2.13. The van der Waals surface area contributed by atoms with Gasteiger partial charge in [-0.1, -0.05) is 32.9 Å². The van der Waals surface area contributed by atoms with E-state index in [9.17, 15) is 19.1 Å². The molecule has 0 atom stereocenters. The average molecular weight is 616 g/mol. The number of ketones is 1. The van der Waals surface area contributed by atoms with Gasteiger partial charge < -0.3 is 10.0 Å². The SMILES string of the molecule is C.Cc1c(F)cc(-c2nc(CC(=O)c3cnc(N4CCC(C(=O)O)CC4)cn3)sc2CN2CCCC(C)(C)C2)cc1Cl. The summed E-state index contributed by atoms with van der Waals surface area (Å²) < 4.78 is 14.7. The van der Waals surface area contributed by atoms with Crippen LogP contribution in [0.25, 0.3) is 11.3 Å². The van der Waals surface area contributed by atoms with Crippen LogP contribution in [0.3, 0.4) is 0 Å². The second-order valence-electron chi connectivity index (χ2n) is 11.9. The highest BCUT2D eigenvalue weighted by atomic mass is 35.5. The van der Waals surface area contributed by atoms with Gasteiger partial charge in [0, 0.05) is 47.2 Å². The zero-order valence-corrected chi connectivity index (χ0v) is 25.2. The van der Waals surface area contributed by atoms with Crippen LogP contribution in [0.5, 0.6) is 0 Å². The van der Waals surface area contributed by atoms with E-state index in [1.807, 2.05) is 4.90 Å². The van der Waals surface area contributed by atoms with Crippen molar-refractivity contribution in [1.29, 1.82) is 0 Å². The maximum atomic E-state index is 14.7. The van der Waals surface area contributed by atoms with Gasteiger partial charge in [-0.2, -0.15) is 0 Å². The van der Waals surface area contributed by atoms with Crippen molar-refractivity contribution in [2.45, 2.75) is 66.8 Å². The molecule has 0 aliphatic carbocycles. The number of Topliss-reactive ketones (excluding diaryl/α,β-unsaturated/α-hetero) is 1. The molecule has 2 fully saturated rings. The van der Waals surface area contributed by atoms with Crippen LogP contribution < -0.4 is 4.90 Å². The van der Waals surface area contributed by atoms with Gasteiger partial charge in [-0.05, 0) is 56.7 Å². The Balaban J connectivity index is 0.00000405. The fraction of sp³-hybridized carbons (Fsp3) is 0.516. The van der Waals surface area contributed by atoms with Gasteiger partial charge in [0.2, 0.25) is 0 Å². The molecule has 5 rings (SSSR count). The highest BCUT2D eigenvalue weighted by Crippen LogP contribution is 2.36. The van der Waals surface area contributed by atoms with Crippen LogP contribution >= 0.6 is 22.9 Å². The van der Waals surface area contributed by atoms with Gasteiger partial charge in [0.05, 0.1) is 30.4 Å². The van der Waals surface area contributed by atoms with E-state index in [0.29, 0.717) is 65.1 Å². The largest absolute Gasteiger partial charge is 0.481 e. The number of piperidine rings is 2. The highest BCUT2D eigenvalue weighted by Gasteiger charge is 2.29. The second-order valence-corrected chi connectivity index (χ2v) is 13.5. The fourth-order valence-corrected chi connectivity index (χ4v) is 7.03. The van der Waals surface area contributed by atoms with Crippen molar-refractivity contribution in [2.24, 2.45) is 11.3 Å². The van der Waals surface area contributed by atoms with E-state index in [1.165, 1.54) is 30.0 Å². The third-order valence-corrected chi connectivity index (χ3v) is 9.48. The average Bonchev–Trinajstić information content (AvgIpc) is 3.32. The smallest absolute Gasteiger partial charge is 0.306 e. The Morgan fingerprint density at radius 2 is 1.90 bits per heavy atom. The zero-order valence-electron chi connectivity index (χ0n) is 23.6. The van der Waals surface area contributed by atoms with Crippen molar-refractivity contribution in [2.75, 3.05) is 31.1 Å². The number of hydrogen-bond acceptors (Lipinski definition) is 8. The number of carbonyl (C=O) groups excluding carboxylic acids is 1. The summed E-state index contributed by atoms with van der Waals surface area (Å²) in [6, 6.07) is 3.21. The molecule has 0 amide bonds. The summed E-state index contributed by atoms with van der Waals surface area (Å²) >= 11 is 7.81. The van der Waals surface area contributed by atoms with E-state index < -0.39 is 5.97 Å². The Labute approximate surface area is 256 Å². The first-order valence-corrected chi connectivity index (χ1v) is 15.2. The van der Waals surface area contributed by atoms with Gasteiger partial charge in [0.1, 0.15) is 22.3 Å². The predicted molar refractivity (Wildman–Crippen MR) is 165 cm³/mol. The standard InChI is InChI=1S/C30H35ClFN5O3S.CH4/c1-18-21(31)11-20(12-22(18)32)28-25(16-36-8-4-7-30(2,3)17-36)41-27(35-28)13-24(38)23-14-34-26(15-33-23)37-9-5-19(6-10-37)29(39)40;/h11-12,14-15,19H,4-10,13,16-17H2,1-3H3,(H,39,40);1H4. The number of hydrogen-bond donors (Lipinski definition) is 1. The van der Waals surface area contributed by atoms with Crippen molar-refractivity contribution < 1.29 is 19.1 Å². The molecule has 2 saturated heterocycles. The highest BCUT2D eigenvalue weighted by molar-refractivity contribution is 7.12. The minimum atomic E-state index is -0.763. The summed E-state index contributed by atoms with van der Waals surface area (Å²) in [4.78, 5) is 43.4. The molecule has 0 radical (unpaired) electrons. The van der Waals surface area contributed by atoms with Gasteiger partial charge >= 0.3 is 5.97 Å². The Bertz CT molecular complexity index is 1410. The predicted octanol–water partition coefficient (Wildman–Crippen LogP) is 6.69. The molecular weight excluding hydrogens is 577 g/mol. The van der Waals surface area contributed by atoms with Crippen molar-refractivity contribution in [3.05, 3.63) is 56.5 Å². The van der Waals surface area contributed by atoms with Crippen LogP contribution in [0.2, 0.25) is 5.02 Å². The van der Waals surface area contributed by atoms with Gasteiger partial charge in [-0.15, -0.1) is 11.3 Å². The lowest BCUT2D eigenvalue weighted by molar-refractivity contribution is -0.142. The van der Waals surface area contributed by atoms with E-state index in [0.717, 1.165) is 24.4 Å². The third kappa shape index (κ3) is 7.33. The Morgan fingerprint density at radius 3 is 2.52 bits per heavy atom. The second kappa shape index (κ2) is 13.1. The zero-order chi connectivity index (χ0) is 29.3. The van der Waals surface area contributed by atoms with Crippen LogP contribution in [0.4, 0.5) is 10.2 Å². The number of carboxylic acids is 1.